The van der Waals surface area contributed by atoms with Crippen molar-refractivity contribution in [2.75, 3.05) is 11.9 Å². The maximum absolute atomic E-state index is 11.7. The Kier molecular flexibility index (Phi) is 4.35. The molecule has 0 aromatic heterocycles. The number of aryl methyl sites for hydroxylation is 1. The highest BCUT2D eigenvalue weighted by atomic mass is 16.2. The van der Waals surface area contributed by atoms with Gasteiger partial charge in [-0.25, -0.2) is 0 Å². The monoisotopic (exact) mass is 205 g/mol. The Morgan fingerprint density at radius 2 is 2.07 bits per heavy atom. The molecule has 0 bridgehead atoms. The summed E-state index contributed by atoms with van der Waals surface area (Å²) in [5.74, 6) is 0.186. The highest BCUT2D eigenvalue weighted by molar-refractivity contribution is 5.92. The molecule has 0 saturated carbocycles. The molecule has 0 aliphatic heterocycles. The van der Waals surface area contributed by atoms with Crippen LogP contribution in [0.1, 0.15) is 32.3 Å². The summed E-state index contributed by atoms with van der Waals surface area (Å²) in [7, 11) is 1.84. The van der Waals surface area contributed by atoms with E-state index in [0.29, 0.717) is 6.42 Å². The van der Waals surface area contributed by atoms with Gasteiger partial charge in [0.05, 0.1) is 0 Å². The lowest BCUT2D eigenvalue weighted by Gasteiger charge is -2.17. The van der Waals surface area contributed by atoms with Gasteiger partial charge in [-0.1, -0.05) is 26.0 Å². The summed E-state index contributed by atoms with van der Waals surface area (Å²) in [5.41, 5.74) is 2.26. The van der Waals surface area contributed by atoms with Crippen molar-refractivity contribution in [1.29, 1.82) is 0 Å². The van der Waals surface area contributed by atoms with E-state index in [1.807, 2.05) is 26.1 Å². The van der Waals surface area contributed by atoms with E-state index in [-0.39, 0.29) is 5.91 Å². The molecule has 1 aromatic carbocycles. The molecule has 1 rings (SSSR count). The smallest absolute Gasteiger partial charge is 0.226 e. The predicted octanol–water partition coefficient (Wildman–Crippen LogP) is 3.01. The van der Waals surface area contributed by atoms with Crippen molar-refractivity contribution < 1.29 is 4.79 Å². The van der Waals surface area contributed by atoms with Gasteiger partial charge in [-0.2, -0.15) is 0 Å². The van der Waals surface area contributed by atoms with E-state index in [4.69, 9.17) is 0 Å². The average molecular weight is 205 g/mol. The summed E-state index contributed by atoms with van der Waals surface area (Å²) in [6.45, 7) is 4.14. The van der Waals surface area contributed by atoms with E-state index in [2.05, 4.69) is 19.1 Å². The van der Waals surface area contributed by atoms with E-state index < -0.39 is 0 Å². The van der Waals surface area contributed by atoms with E-state index in [0.717, 1.165) is 18.5 Å². The Morgan fingerprint density at radius 1 is 1.33 bits per heavy atom. The van der Waals surface area contributed by atoms with Gasteiger partial charge in [-0.3, -0.25) is 4.79 Å². The van der Waals surface area contributed by atoms with Crippen molar-refractivity contribution in [3.63, 3.8) is 0 Å². The number of anilines is 1. The summed E-state index contributed by atoms with van der Waals surface area (Å²) in [4.78, 5) is 13.4. The van der Waals surface area contributed by atoms with Crippen LogP contribution in [0, 0.1) is 0 Å². The third kappa shape index (κ3) is 3.08. The Morgan fingerprint density at radius 3 is 2.67 bits per heavy atom. The Balaban J connectivity index is 2.81. The van der Waals surface area contributed by atoms with Crippen LogP contribution in [-0.4, -0.2) is 13.0 Å². The van der Waals surface area contributed by atoms with Crippen LogP contribution in [0.5, 0.6) is 0 Å². The first-order valence-electron chi connectivity index (χ1n) is 5.54. The van der Waals surface area contributed by atoms with Crippen molar-refractivity contribution in [1.82, 2.24) is 0 Å². The zero-order valence-corrected chi connectivity index (χ0v) is 9.79. The third-order valence-corrected chi connectivity index (χ3v) is 2.54. The maximum atomic E-state index is 11.7. The van der Waals surface area contributed by atoms with Crippen LogP contribution in [0.4, 0.5) is 5.69 Å². The first-order valence-corrected chi connectivity index (χ1v) is 5.54. The number of hydrogen-bond donors (Lipinski definition) is 0. The molecular weight excluding hydrogens is 186 g/mol. The molecule has 1 aromatic rings. The Labute approximate surface area is 91.9 Å². The quantitative estimate of drug-likeness (QED) is 0.740. The Bertz CT molecular complexity index is 333. The van der Waals surface area contributed by atoms with Crippen molar-refractivity contribution >= 4 is 11.6 Å². The topological polar surface area (TPSA) is 20.3 Å². The normalized spacial score (nSPS) is 10.1. The van der Waals surface area contributed by atoms with E-state index in [1.54, 1.807) is 4.90 Å². The fourth-order valence-corrected chi connectivity index (χ4v) is 1.51. The van der Waals surface area contributed by atoms with Crippen molar-refractivity contribution in [2.45, 2.75) is 33.1 Å². The fourth-order valence-electron chi connectivity index (χ4n) is 1.51. The number of hydrogen-bond acceptors (Lipinski definition) is 1. The lowest BCUT2D eigenvalue weighted by atomic mass is 10.1. The van der Waals surface area contributed by atoms with E-state index >= 15 is 0 Å². The number of carbonyl (C=O) groups excluding carboxylic acids is 1. The zero-order chi connectivity index (χ0) is 11.3. The molecule has 15 heavy (non-hydrogen) atoms. The second kappa shape index (κ2) is 5.54. The second-order valence-electron chi connectivity index (χ2n) is 3.73. The van der Waals surface area contributed by atoms with Crippen LogP contribution in [0.3, 0.4) is 0 Å². The summed E-state index contributed by atoms with van der Waals surface area (Å²) in [6.07, 6.45) is 2.52. The molecule has 0 radical (unpaired) electrons. The predicted molar refractivity (Wildman–Crippen MR) is 64.1 cm³/mol. The minimum atomic E-state index is 0.186. The van der Waals surface area contributed by atoms with E-state index in [1.165, 1.54) is 5.56 Å². The molecule has 0 spiro atoms. The molecular formula is C13H19NO. The van der Waals surface area contributed by atoms with Crippen molar-refractivity contribution in [2.24, 2.45) is 0 Å². The minimum Gasteiger partial charge on any atom is -0.315 e. The number of nitrogens with zero attached hydrogens (tertiary/aromatic N) is 1. The largest absolute Gasteiger partial charge is 0.315 e. The fraction of sp³-hybridized carbons (Fsp3) is 0.462. The molecule has 0 N–H and O–H groups in total. The molecule has 0 aliphatic carbocycles. The molecule has 0 saturated heterocycles. The molecule has 82 valence electrons. The molecule has 0 unspecified atom stereocenters. The number of amides is 1. The summed E-state index contributed by atoms with van der Waals surface area (Å²) in [5, 5.41) is 0. The number of benzene rings is 1. The van der Waals surface area contributed by atoms with Crippen LogP contribution in [0.2, 0.25) is 0 Å². The third-order valence-electron chi connectivity index (χ3n) is 2.54. The van der Waals surface area contributed by atoms with Gasteiger partial charge in [-0.15, -0.1) is 0 Å². The van der Waals surface area contributed by atoms with Gasteiger partial charge >= 0.3 is 0 Å². The van der Waals surface area contributed by atoms with Gasteiger partial charge in [0, 0.05) is 19.2 Å². The minimum absolute atomic E-state index is 0.186. The van der Waals surface area contributed by atoms with Gasteiger partial charge in [0.15, 0.2) is 0 Å². The zero-order valence-electron chi connectivity index (χ0n) is 9.79. The highest BCUT2D eigenvalue weighted by Crippen LogP contribution is 2.16. The lowest BCUT2D eigenvalue weighted by Crippen LogP contribution is -2.25. The SMILES string of the molecule is CCCC(=O)N(C)c1cccc(CC)c1. The Hall–Kier alpha value is -1.31. The lowest BCUT2D eigenvalue weighted by molar-refractivity contribution is -0.118. The average Bonchev–Trinajstić information content (AvgIpc) is 2.28. The summed E-state index contributed by atoms with van der Waals surface area (Å²) < 4.78 is 0. The van der Waals surface area contributed by atoms with Crippen molar-refractivity contribution in [3.05, 3.63) is 29.8 Å². The molecule has 0 heterocycles. The van der Waals surface area contributed by atoms with Crippen LogP contribution < -0.4 is 4.90 Å². The van der Waals surface area contributed by atoms with Crippen LogP contribution in [-0.2, 0) is 11.2 Å². The van der Waals surface area contributed by atoms with Crippen LogP contribution >= 0.6 is 0 Å². The van der Waals surface area contributed by atoms with E-state index in [9.17, 15) is 4.79 Å². The van der Waals surface area contributed by atoms with Gasteiger partial charge in [0.1, 0.15) is 0 Å². The van der Waals surface area contributed by atoms with Crippen molar-refractivity contribution in [3.8, 4) is 0 Å². The first-order chi connectivity index (χ1) is 7.19. The highest BCUT2D eigenvalue weighted by Gasteiger charge is 2.09. The molecule has 2 heteroatoms. The first kappa shape index (κ1) is 11.8. The molecule has 0 atom stereocenters. The summed E-state index contributed by atoms with van der Waals surface area (Å²) in [6, 6.07) is 8.14. The standard InChI is InChI=1S/C13H19NO/c1-4-7-13(15)14(3)12-9-6-8-11(5-2)10-12/h6,8-10H,4-5,7H2,1-3H3. The van der Waals surface area contributed by atoms with Gasteiger partial charge in [-0.05, 0) is 30.5 Å². The number of rotatable bonds is 4. The maximum Gasteiger partial charge on any atom is 0.226 e. The molecule has 1 amide bonds. The molecule has 2 nitrogen and oxygen atoms in total. The second-order valence-corrected chi connectivity index (χ2v) is 3.73. The van der Waals surface area contributed by atoms with Crippen LogP contribution in [0.15, 0.2) is 24.3 Å². The van der Waals surface area contributed by atoms with Gasteiger partial charge in [0.2, 0.25) is 5.91 Å². The van der Waals surface area contributed by atoms with Gasteiger partial charge in [0.25, 0.3) is 0 Å². The molecule has 0 fully saturated rings. The number of carbonyl (C=O) groups is 1. The molecule has 0 aliphatic rings. The van der Waals surface area contributed by atoms with Crippen LogP contribution in [0.25, 0.3) is 0 Å². The van der Waals surface area contributed by atoms with Gasteiger partial charge < -0.3 is 4.90 Å². The summed E-state index contributed by atoms with van der Waals surface area (Å²) >= 11 is 0.